The number of hydrogen-bond donors (Lipinski definition) is 5. The molecule has 0 amide bonds. The van der Waals surface area contributed by atoms with Gasteiger partial charge in [-0.3, -0.25) is 0 Å². The third kappa shape index (κ3) is 4.02. The number of hydrogen-bond acceptors (Lipinski definition) is 5. The van der Waals surface area contributed by atoms with E-state index in [4.69, 9.17) is 5.41 Å². The van der Waals surface area contributed by atoms with Crippen LogP contribution in [-0.4, -0.2) is 18.8 Å². The molecule has 0 bridgehead atoms. The zero-order valence-corrected chi connectivity index (χ0v) is 18.3. The van der Waals surface area contributed by atoms with E-state index in [2.05, 4.69) is 61.2 Å². The molecule has 0 aromatic rings. The highest BCUT2D eigenvalue weighted by molar-refractivity contribution is 6.10. The van der Waals surface area contributed by atoms with Gasteiger partial charge in [-0.1, -0.05) is 51.7 Å². The third-order valence-corrected chi connectivity index (χ3v) is 6.70. The van der Waals surface area contributed by atoms with Crippen LogP contribution in [0.2, 0.25) is 0 Å². The normalized spacial score (nSPS) is 32.4. The average molecular weight is 394 g/mol. The molecule has 5 unspecified atom stereocenters. The van der Waals surface area contributed by atoms with E-state index in [1.807, 2.05) is 38.3 Å². The zero-order valence-electron chi connectivity index (χ0n) is 18.3. The highest BCUT2D eigenvalue weighted by Crippen LogP contribution is 2.50. The van der Waals surface area contributed by atoms with Crippen molar-refractivity contribution in [3.8, 4) is 0 Å². The van der Waals surface area contributed by atoms with Crippen LogP contribution >= 0.6 is 0 Å². The Balaban J connectivity index is 1.77. The van der Waals surface area contributed by atoms with Crippen molar-refractivity contribution in [1.29, 1.82) is 5.41 Å². The Labute approximate surface area is 175 Å². The first-order chi connectivity index (χ1) is 13.9. The van der Waals surface area contributed by atoms with Gasteiger partial charge in [-0.15, -0.1) is 0 Å². The first kappa shape index (κ1) is 21.3. The van der Waals surface area contributed by atoms with Crippen molar-refractivity contribution in [1.82, 2.24) is 21.7 Å². The Kier molecular flexibility index (Phi) is 6.60. The third-order valence-electron chi connectivity index (χ3n) is 6.70. The summed E-state index contributed by atoms with van der Waals surface area (Å²) in [6, 6.07) is 0.337. The maximum absolute atomic E-state index is 8.39. The predicted octanol–water partition coefficient (Wildman–Crippen LogP) is 3.90. The summed E-state index contributed by atoms with van der Waals surface area (Å²) in [5.41, 5.74) is 15.6. The average Bonchev–Trinajstić information content (AvgIpc) is 2.87. The predicted molar refractivity (Wildman–Crippen MR) is 122 cm³/mol. The number of rotatable bonds is 8. The topological polar surface area (TPSA) is 72.0 Å². The lowest BCUT2D eigenvalue weighted by Crippen LogP contribution is -2.54. The minimum absolute atomic E-state index is 0.337. The molecule has 3 aliphatic carbocycles. The maximum atomic E-state index is 8.39. The number of hydrazine groups is 2. The Morgan fingerprint density at radius 2 is 2.00 bits per heavy atom. The number of nitrogens with one attached hydrogen (secondary N) is 5. The lowest BCUT2D eigenvalue weighted by molar-refractivity contribution is 0.284. The molecule has 0 aliphatic heterocycles. The van der Waals surface area contributed by atoms with Crippen molar-refractivity contribution in [3.63, 3.8) is 0 Å². The standard InChI is InChI=1S/C24H35N5/c1-7-9-14(3)23(19-12-17(8-2)10-11-20(19)25)27-29-28-24-16(5)15(4)18-13-21(26-6)22(18)24/h7,9-13,15-16,18,22,24-29H,3,8H2,1-2,4-6H3/b9-7-,23-19+,25-20?. The molecule has 1 fully saturated rings. The summed E-state index contributed by atoms with van der Waals surface area (Å²) < 4.78 is 0. The van der Waals surface area contributed by atoms with Crippen LogP contribution < -0.4 is 21.7 Å². The van der Waals surface area contributed by atoms with Crippen LogP contribution in [-0.2, 0) is 0 Å². The highest BCUT2D eigenvalue weighted by atomic mass is 15.6. The van der Waals surface area contributed by atoms with Crippen LogP contribution in [0.5, 0.6) is 0 Å². The van der Waals surface area contributed by atoms with Crippen LogP contribution in [0, 0.1) is 29.1 Å². The largest absolute Gasteiger partial charge is 0.391 e. The summed E-state index contributed by atoms with van der Waals surface area (Å²) in [4.78, 5) is 0. The second-order valence-corrected chi connectivity index (χ2v) is 8.25. The molecule has 0 radical (unpaired) electrons. The van der Waals surface area contributed by atoms with Gasteiger partial charge in [0.15, 0.2) is 0 Å². The van der Waals surface area contributed by atoms with Crippen LogP contribution in [0.1, 0.15) is 34.1 Å². The van der Waals surface area contributed by atoms with E-state index in [1.165, 1.54) is 11.3 Å². The fourth-order valence-corrected chi connectivity index (χ4v) is 4.70. The molecule has 5 heteroatoms. The molecule has 3 aliphatic rings. The Morgan fingerprint density at radius 3 is 2.66 bits per heavy atom. The summed E-state index contributed by atoms with van der Waals surface area (Å²) >= 11 is 0. The molecule has 5 nitrogen and oxygen atoms in total. The Morgan fingerprint density at radius 1 is 1.24 bits per heavy atom. The summed E-state index contributed by atoms with van der Waals surface area (Å²) in [5.74, 6) is 2.35. The van der Waals surface area contributed by atoms with E-state index in [9.17, 15) is 0 Å². The fraction of sp³-hybridized carbons (Fsp3) is 0.458. The molecule has 156 valence electrons. The number of allylic oxidation sites excluding steroid dienone is 8. The summed E-state index contributed by atoms with van der Waals surface area (Å²) in [5, 5.41) is 11.7. The van der Waals surface area contributed by atoms with E-state index in [0.29, 0.717) is 35.4 Å². The number of fused-ring (bicyclic) bond motifs is 1. The van der Waals surface area contributed by atoms with Gasteiger partial charge in [-0.25, -0.2) is 5.43 Å². The molecule has 3 rings (SSSR count). The van der Waals surface area contributed by atoms with Gasteiger partial charge in [0, 0.05) is 30.3 Å². The summed E-state index contributed by atoms with van der Waals surface area (Å²) in [6.07, 6.45) is 13.2. The van der Waals surface area contributed by atoms with Gasteiger partial charge in [0.1, 0.15) is 0 Å². The molecule has 0 aromatic carbocycles. The first-order valence-electron chi connectivity index (χ1n) is 10.6. The van der Waals surface area contributed by atoms with E-state index >= 15 is 0 Å². The molecule has 0 aromatic heterocycles. The van der Waals surface area contributed by atoms with E-state index in [-0.39, 0.29) is 0 Å². The molecular weight excluding hydrogens is 358 g/mol. The molecule has 1 saturated carbocycles. The van der Waals surface area contributed by atoms with Gasteiger partial charge >= 0.3 is 0 Å². The molecule has 0 heterocycles. The van der Waals surface area contributed by atoms with E-state index < -0.39 is 0 Å². The van der Waals surface area contributed by atoms with E-state index in [1.54, 1.807) is 0 Å². The van der Waals surface area contributed by atoms with Gasteiger partial charge in [-0.05, 0) is 54.4 Å². The van der Waals surface area contributed by atoms with Crippen LogP contribution in [0.4, 0.5) is 0 Å². The van der Waals surface area contributed by atoms with Gasteiger partial charge in [0.2, 0.25) is 0 Å². The smallest absolute Gasteiger partial charge is 0.0661 e. The summed E-state index contributed by atoms with van der Waals surface area (Å²) in [7, 11) is 2.00. The van der Waals surface area contributed by atoms with Crippen molar-refractivity contribution in [3.05, 3.63) is 71.1 Å². The molecule has 29 heavy (non-hydrogen) atoms. The molecule has 5 N–H and O–H groups in total. The minimum Gasteiger partial charge on any atom is -0.391 e. The molecule has 0 spiro atoms. The van der Waals surface area contributed by atoms with Crippen molar-refractivity contribution >= 4 is 5.71 Å². The van der Waals surface area contributed by atoms with Crippen LogP contribution in [0.3, 0.4) is 0 Å². The Bertz CT molecular complexity index is 826. The quantitative estimate of drug-likeness (QED) is 0.320. The van der Waals surface area contributed by atoms with Crippen molar-refractivity contribution in [2.45, 2.75) is 40.2 Å². The monoisotopic (exact) mass is 393 g/mol. The van der Waals surface area contributed by atoms with Crippen molar-refractivity contribution < 1.29 is 0 Å². The summed E-state index contributed by atoms with van der Waals surface area (Å²) in [6.45, 7) is 13.0. The lowest BCUT2D eigenvalue weighted by Gasteiger charge is -2.36. The SMILES string of the molecule is C=C(/C=C\C)/C(NNNC1C(C)C(C)C2C=C(NC)C21)=C1/C=C(CC)C=CC1=N. The molecule has 0 saturated heterocycles. The molecule has 5 atom stereocenters. The molecular formula is C24H35N5. The minimum atomic E-state index is 0.337. The second-order valence-electron chi connectivity index (χ2n) is 8.25. The van der Waals surface area contributed by atoms with Crippen LogP contribution in [0.25, 0.3) is 0 Å². The van der Waals surface area contributed by atoms with Crippen molar-refractivity contribution in [2.75, 3.05) is 7.05 Å². The maximum Gasteiger partial charge on any atom is 0.0661 e. The van der Waals surface area contributed by atoms with Gasteiger partial charge < -0.3 is 16.2 Å². The van der Waals surface area contributed by atoms with Crippen LogP contribution in [0.15, 0.2) is 71.1 Å². The fourth-order valence-electron chi connectivity index (χ4n) is 4.70. The first-order valence-corrected chi connectivity index (χ1v) is 10.6. The van der Waals surface area contributed by atoms with Crippen molar-refractivity contribution in [2.24, 2.45) is 23.7 Å². The van der Waals surface area contributed by atoms with Gasteiger partial charge in [0.05, 0.1) is 11.4 Å². The lowest BCUT2D eigenvalue weighted by atomic mass is 9.77. The van der Waals surface area contributed by atoms with Gasteiger partial charge in [0.25, 0.3) is 0 Å². The second kappa shape index (κ2) is 8.97. The Hall–Kier alpha value is -2.37. The highest BCUT2D eigenvalue weighted by Gasteiger charge is 2.51. The zero-order chi connectivity index (χ0) is 21.1. The van der Waals surface area contributed by atoms with Gasteiger partial charge in [-0.2, -0.15) is 5.53 Å². The van der Waals surface area contributed by atoms with E-state index in [0.717, 1.165) is 23.3 Å².